The molecule has 3 heteroatoms. The van der Waals surface area contributed by atoms with E-state index in [2.05, 4.69) is 11.8 Å². The number of ether oxygens (including phenoxy) is 1. The number of Topliss-reactive ketones (excluding diaryl/α,β-unsaturated/α-hetero) is 1. The van der Waals surface area contributed by atoms with Gasteiger partial charge in [0.05, 0.1) is 7.11 Å². The van der Waals surface area contributed by atoms with E-state index < -0.39 is 0 Å². The first kappa shape index (κ1) is 14.1. The Hall–Kier alpha value is -1.48. The molecule has 0 radical (unpaired) electrons. The summed E-state index contributed by atoms with van der Waals surface area (Å²) >= 11 is 2.11. The molecule has 0 spiro atoms. The second kappa shape index (κ2) is 5.62. The van der Waals surface area contributed by atoms with Crippen LogP contribution in [-0.4, -0.2) is 23.4 Å². The summed E-state index contributed by atoms with van der Waals surface area (Å²) in [6.07, 6.45) is 4.74. The zero-order chi connectivity index (χ0) is 15.1. The SMILES string of the molecule is COc1ccc2cc(C(=O)C3CC4CCC(C3)S4)ccc2c1. The van der Waals surface area contributed by atoms with Crippen molar-refractivity contribution in [1.82, 2.24) is 0 Å². The minimum atomic E-state index is 0.231. The highest BCUT2D eigenvalue weighted by Crippen LogP contribution is 2.46. The lowest BCUT2D eigenvalue weighted by molar-refractivity contribution is 0.0907. The van der Waals surface area contributed by atoms with Gasteiger partial charge in [-0.25, -0.2) is 0 Å². The van der Waals surface area contributed by atoms with Crippen molar-refractivity contribution in [2.75, 3.05) is 7.11 Å². The minimum Gasteiger partial charge on any atom is -0.497 e. The number of benzene rings is 2. The van der Waals surface area contributed by atoms with Crippen LogP contribution in [0.4, 0.5) is 0 Å². The normalized spacial score (nSPS) is 27.0. The average molecular weight is 312 g/mol. The number of hydrogen-bond donors (Lipinski definition) is 0. The molecular weight excluding hydrogens is 292 g/mol. The van der Waals surface area contributed by atoms with E-state index in [0.29, 0.717) is 5.78 Å². The molecular formula is C19H20O2S. The molecule has 0 amide bonds. The van der Waals surface area contributed by atoms with Gasteiger partial charge in [0.15, 0.2) is 5.78 Å². The molecule has 2 fully saturated rings. The van der Waals surface area contributed by atoms with Crippen molar-refractivity contribution in [3.05, 3.63) is 42.0 Å². The number of hydrogen-bond acceptors (Lipinski definition) is 3. The second-order valence-electron chi connectivity index (χ2n) is 6.42. The van der Waals surface area contributed by atoms with Crippen molar-refractivity contribution >= 4 is 28.3 Å². The Labute approximate surface area is 135 Å². The number of ketones is 1. The maximum Gasteiger partial charge on any atom is 0.166 e. The number of thioether (sulfide) groups is 1. The molecule has 2 aliphatic heterocycles. The predicted molar refractivity (Wildman–Crippen MR) is 92.0 cm³/mol. The Bertz CT molecular complexity index is 712. The molecule has 2 nitrogen and oxygen atoms in total. The first-order valence-corrected chi connectivity index (χ1v) is 8.94. The van der Waals surface area contributed by atoms with Crippen molar-refractivity contribution in [2.24, 2.45) is 5.92 Å². The average Bonchev–Trinajstić information content (AvgIpc) is 2.91. The van der Waals surface area contributed by atoms with Crippen LogP contribution in [0.25, 0.3) is 10.8 Å². The van der Waals surface area contributed by atoms with Crippen LogP contribution in [0.3, 0.4) is 0 Å². The molecule has 2 atom stereocenters. The molecule has 0 N–H and O–H groups in total. The molecule has 0 aromatic heterocycles. The topological polar surface area (TPSA) is 26.3 Å². The maximum absolute atomic E-state index is 12.9. The summed E-state index contributed by atoms with van der Waals surface area (Å²) in [6, 6.07) is 12.1. The molecule has 2 aromatic carbocycles. The van der Waals surface area contributed by atoms with Gasteiger partial charge >= 0.3 is 0 Å². The summed E-state index contributed by atoms with van der Waals surface area (Å²) in [5.41, 5.74) is 0.869. The Kier molecular flexibility index (Phi) is 3.61. The highest BCUT2D eigenvalue weighted by molar-refractivity contribution is 8.00. The summed E-state index contributed by atoms with van der Waals surface area (Å²) in [4.78, 5) is 12.9. The van der Waals surface area contributed by atoms with Gasteiger partial charge in [0.1, 0.15) is 5.75 Å². The Morgan fingerprint density at radius 3 is 2.45 bits per heavy atom. The van der Waals surface area contributed by atoms with E-state index in [1.807, 2.05) is 36.4 Å². The molecule has 2 saturated heterocycles. The van der Waals surface area contributed by atoms with E-state index in [1.54, 1.807) is 7.11 Å². The van der Waals surface area contributed by atoms with E-state index in [1.165, 1.54) is 12.8 Å². The fourth-order valence-electron chi connectivity index (χ4n) is 3.81. The fraction of sp³-hybridized carbons (Fsp3) is 0.421. The summed E-state index contributed by atoms with van der Waals surface area (Å²) in [6.45, 7) is 0. The van der Waals surface area contributed by atoms with Crippen LogP contribution < -0.4 is 4.74 Å². The van der Waals surface area contributed by atoms with E-state index in [9.17, 15) is 4.79 Å². The first-order valence-electron chi connectivity index (χ1n) is 8.00. The van der Waals surface area contributed by atoms with Crippen molar-refractivity contribution in [2.45, 2.75) is 36.2 Å². The zero-order valence-corrected chi connectivity index (χ0v) is 13.6. The highest BCUT2D eigenvalue weighted by atomic mass is 32.2. The number of fused-ring (bicyclic) bond motifs is 3. The number of carbonyl (C=O) groups is 1. The van der Waals surface area contributed by atoms with E-state index in [-0.39, 0.29) is 5.92 Å². The number of methoxy groups -OCH3 is 1. The summed E-state index contributed by atoms with van der Waals surface area (Å²) in [7, 11) is 1.68. The van der Waals surface area contributed by atoms with Crippen LogP contribution in [0.1, 0.15) is 36.0 Å². The fourth-order valence-corrected chi connectivity index (χ4v) is 5.59. The van der Waals surface area contributed by atoms with Gasteiger partial charge in [0.25, 0.3) is 0 Å². The van der Waals surface area contributed by atoms with Crippen molar-refractivity contribution in [1.29, 1.82) is 0 Å². The number of rotatable bonds is 3. The van der Waals surface area contributed by atoms with Crippen molar-refractivity contribution in [3.63, 3.8) is 0 Å². The standard InChI is InChI=1S/C19H20O2S/c1-21-16-5-4-12-8-14(3-2-13(12)9-16)19(20)15-10-17-6-7-18(11-15)22-17/h2-5,8-9,15,17-18H,6-7,10-11H2,1H3. The summed E-state index contributed by atoms with van der Waals surface area (Å²) < 4.78 is 5.26. The molecule has 2 aromatic rings. The van der Waals surface area contributed by atoms with Gasteiger partial charge in [0.2, 0.25) is 0 Å². The van der Waals surface area contributed by atoms with Gasteiger partial charge in [-0.2, -0.15) is 11.8 Å². The highest BCUT2D eigenvalue weighted by Gasteiger charge is 2.37. The first-order chi connectivity index (χ1) is 10.7. The Morgan fingerprint density at radius 2 is 1.73 bits per heavy atom. The molecule has 4 rings (SSSR count). The molecule has 2 heterocycles. The van der Waals surface area contributed by atoms with Crippen LogP contribution in [0, 0.1) is 5.92 Å². The Morgan fingerprint density at radius 1 is 1.05 bits per heavy atom. The summed E-state index contributed by atoms with van der Waals surface area (Å²) in [5.74, 6) is 1.43. The van der Waals surface area contributed by atoms with Crippen molar-refractivity contribution in [3.8, 4) is 5.75 Å². The van der Waals surface area contributed by atoms with Gasteiger partial charge in [-0.3, -0.25) is 4.79 Å². The third-order valence-electron chi connectivity index (χ3n) is 4.99. The van der Waals surface area contributed by atoms with Gasteiger partial charge < -0.3 is 4.74 Å². The molecule has 2 unspecified atom stereocenters. The van der Waals surface area contributed by atoms with E-state index in [0.717, 1.165) is 45.4 Å². The maximum atomic E-state index is 12.9. The smallest absolute Gasteiger partial charge is 0.166 e. The third kappa shape index (κ3) is 2.52. The molecule has 0 saturated carbocycles. The lowest BCUT2D eigenvalue weighted by Crippen LogP contribution is -2.24. The van der Waals surface area contributed by atoms with Crippen LogP contribution in [0.2, 0.25) is 0 Å². The lowest BCUT2D eigenvalue weighted by atomic mass is 9.89. The van der Waals surface area contributed by atoms with E-state index in [4.69, 9.17) is 4.74 Å². The quantitative estimate of drug-likeness (QED) is 0.768. The van der Waals surface area contributed by atoms with Gasteiger partial charge in [-0.15, -0.1) is 0 Å². The number of carbonyl (C=O) groups excluding carboxylic acids is 1. The van der Waals surface area contributed by atoms with Crippen molar-refractivity contribution < 1.29 is 9.53 Å². The van der Waals surface area contributed by atoms with Crippen LogP contribution in [0.15, 0.2) is 36.4 Å². The largest absolute Gasteiger partial charge is 0.497 e. The predicted octanol–water partition coefficient (Wildman–Crippen LogP) is 4.71. The van der Waals surface area contributed by atoms with Gasteiger partial charge in [0, 0.05) is 22.0 Å². The third-order valence-corrected chi connectivity index (χ3v) is 6.62. The lowest BCUT2D eigenvalue weighted by Gasteiger charge is -2.26. The van der Waals surface area contributed by atoms with Gasteiger partial charge in [-0.05, 0) is 54.7 Å². The van der Waals surface area contributed by atoms with Crippen LogP contribution >= 0.6 is 11.8 Å². The van der Waals surface area contributed by atoms with Crippen LogP contribution in [0.5, 0.6) is 5.75 Å². The molecule has 2 aliphatic rings. The molecule has 22 heavy (non-hydrogen) atoms. The second-order valence-corrected chi connectivity index (χ2v) is 8.02. The Balaban J connectivity index is 1.61. The zero-order valence-electron chi connectivity index (χ0n) is 12.7. The summed E-state index contributed by atoms with van der Waals surface area (Å²) in [5, 5.41) is 3.67. The molecule has 2 bridgehead atoms. The molecule has 0 aliphatic carbocycles. The monoisotopic (exact) mass is 312 g/mol. The van der Waals surface area contributed by atoms with Crippen LogP contribution in [-0.2, 0) is 0 Å². The molecule has 114 valence electrons. The van der Waals surface area contributed by atoms with Gasteiger partial charge in [-0.1, -0.05) is 18.2 Å². The minimum absolute atomic E-state index is 0.231. The van der Waals surface area contributed by atoms with E-state index >= 15 is 0 Å².